The lowest BCUT2D eigenvalue weighted by Gasteiger charge is -2.15. The van der Waals surface area contributed by atoms with Gasteiger partial charge in [-0.2, -0.15) is 0 Å². The first kappa shape index (κ1) is 12.8. The van der Waals surface area contributed by atoms with E-state index < -0.39 is 5.82 Å². The zero-order valence-corrected chi connectivity index (χ0v) is 10.1. The summed E-state index contributed by atoms with van der Waals surface area (Å²) in [6.45, 7) is 0.990. The first-order chi connectivity index (χ1) is 8.66. The summed E-state index contributed by atoms with van der Waals surface area (Å²) in [6, 6.07) is 3.53. The predicted octanol–water partition coefficient (Wildman–Crippen LogP) is 1.29. The van der Waals surface area contributed by atoms with Crippen molar-refractivity contribution in [2.75, 3.05) is 6.54 Å². The molecule has 18 heavy (non-hydrogen) atoms. The SMILES string of the molecule is O=C1NCCCCC1NCc1cc(F)ccc1O. The molecular formula is C13H17FN2O2. The van der Waals surface area contributed by atoms with E-state index in [4.69, 9.17) is 0 Å². The van der Waals surface area contributed by atoms with Crippen molar-refractivity contribution in [2.45, 2.75) is 31.8 Å². The van der Waals surface area contributed by atoms with E-state index in [1.807, 2.05) is 0 Å². The smallest absolute Gasteiger partial charge is 0.237 e. The van der Waals surface area contributed by atoms with Crippen molar-refractivity contribution in [3.05, 3.63) is 29.6 Å². The standard InChI is InChI=1S/C13H17FN2O2/c14-10-4-5-12(17)9(7-10)8-16-11-3-1-2-6-15-13(11)18/h4-5,7,11,16-17H,1-3,6,8H2,(H,15,18). The minimum atomic E-state index is -0.394. The average molecular weight is 252 g/mol. The van der Waals surface area contributed by atoms with Crippen LogP contribution >= 0.6 is 0 Å². The Hall–Kier alpha value is -1.62. The van der Waals surface area contributed by atoms with Crippen molar-refractivity contribution in [1.82, 2.24) is 10.6 Å². The van der Waals surface area contributed by atoms with Crippen molar-refractivity contribution in [2.24, 2.45) is 0 Å². The van der Waals surface area contributed by atoms with Gasteiger partial charge in [0.1, 0.15) is 11.6 Å². The van der Waals surface area contributed by atoms with Gasteiger partial charge in [0.15, 0.2) is 0 Å². The van der Waals surface area contributed by atoms with Crippen LogP contribution < -0.4 is 10.6 Å². The molecule has 0 bridgehead atoms. The number of halogens is 1. The molecule has 1 fully saturated rings. The van der Waals surface area contributed by atoms with Gasteiger partial charge in [-0.3, -0.25) is 4.79 Å². The van der Waals surface area contributed by atoms with Crippen LogP contribution in [0.25, 0.3) is 0 Å². The van der Waals surface area contributed by atoms with Gasteiger partial charge in [-0.05, 0) is 37.5 Å². The van der Waals surface area contributed by atoms with Crippen LogP contribution in [0.5, 0.6) is 5.75 Å². The Morgan fingerprint density at radius 3 is 3.11 bits per heavy atom. The number of carbonyl (C=O) groups is 1. The Kier molecular flexibility index (Phi) is 4.15. The number of carbonyl (C=O) groups excluding carboxylic acids is 1. The molecule has 1 amide bonds. The van der Waals surface area contributed by atoms with Crippen LogP contribution in [0, 0.1) is 5.82 Å². The van der Waals surface area contributed by atoms with Gasteiger partial charge in [-0.15, -0.1) is 0 Å². The van der Waals surface area contributed by atoms with E-state index >= 15 is 0 Å². The lowest BCUT2D eigenvalue weighted by molar-refractivity contribution is -0.122. The van der Waals surface area contributed by atoms with E-state index in [2.05, 4.69) is 10.6 Å². The highest BCUT2D eigenvalue weighted by Crippen LogP contribution is 2.18. The summed E-state index contributed by atoms with van der Waals surface area (Å²) in [5.74, 6) is -0.378. The molecule has 1 unspecified atom stereocenters. The maximum absolute atomic E-state index is 13.0. The lowest BCUT2D eigenvalue weighted by Crippen LogP contribution is -2.42. The highest BCUT2D eigenvalue weighted by Gasteiger charge is 2.20. The fourth-order valence-electron chi connectivity index (χ4n) is 2.06. The molecule has 0 saturated carbocycles. The van der Waals surface area contributed by atoms with Crippen LogP contribution in [0.4, 0.5) is 4.39 Å². The molecule has 0 spiro atoms. The monoisotopic (exact) mass is 252 g/mol. The molecule has 1 atom stereocenters. The van der Waals surface area contributed by atoms with Crippen molar-refractivity contribution < 1.29 is 14.3 Å². The highest BCUT2D eigenvalue weighted by molar-refractivity contribution is 5.81. The van der Waals surface area contributed by atoms with Gasteiger partial charge >= 0.3 is 0 Å². The van der Waals surface area contributed by atoms with E-state index in [1.165, 1.54) is 18.2 Å². The van der Waals surface area contributed by atoms with E-state index in [0.29, 0.717) is 12.1 Å². The van der Waals surface area contributed by atoms with E-state index in [1.54, 1.807) is 0 Å². The van der Waals surface area contributed by atoms with Gasteiger partial charge in [0.2, 0.25) is 5.91 Å². The number of hydrogen-bond donors (Lipinski definition) is 3. The number of phenols is 1. The maximum atomic E-state index is 13.0. The van der Waals surface area contributed by atoms with Gasteiger partial charge in [-0.25, -0.2) is 4.39 Å². The first-order valence-electron chi connectivity index (χ1n) is 6.15. The third-order valence-electron chi connectivity index (χ3n) is 3.12. The minimum absolute atomic E-state index is 0.0246. The Labute approximate surface area is 105 Å². The Bertz CT molecular complexity index is 437. The molecule has 98 valence electrons. The first-order valence-corrected chi connectivity index (χ1v) is 6.15. The molecule has 3 N–H and O–H groups in total. The third kappa shape index (κ3) is 3.20. The Morgan fingerprint density at radius 2 is 2.28 bits per heavy atom. The summed E-state index contributed by atoms with van der Waals surface area (Å²) in [7, 11) is 0. The Balaban J connectivity index is 1.97. The molecule has 1 saturated heterocycles. The molecule has 1 heterocycles. The molecule has 1 aromatic rings. The molecule has 5 heteroatoms. The van der Waals surface area contributed by atoms with Crippen LogP contribution in [-0.2, 0) is 11.3 Å². The summed E-state index contributed by atoms with van der Waals surface area (Å²) in [5, 5.41) is 15.5. The quantitative estimate of drug-likeness (QED) is 0.759. The van der Waals surface area contributed by atoms with E-state index in [-0.39, 0.29) is 24.2 Å². The molecule has 0 aliphatic carbocycles. The normalized spacial score (nSPS) is 20.3. The van der Waals surface area contributed by atoms with Crippen molar-refractivity contribution in [3.8, 4) is 5.75 Å². The van der Waals surface area contributed by atoms with Crippen molar-refractivity contribution in [3.63, 3.8) is 0 Å². The van der Waals surface area contributed by atoms with Gasteiger partial charge in [0.05, 0.1) is 6.04 Å². The molecule has 2 rings (SSSR count). The van der Waals surface area contributed by atoms with Gasteiger partial charge in [-0.1, -0.05) is 0 Å². The van der Waals surface area contributed by atoms with E-state index in [0.717, 1.165) is 19.3 Å². The van der Waals surface area contributed by atoms with Crippen LogP contribution in [0.2, 0.25) is 0 Å². The van der Waals surface area contributed by atoms with Gasteiger partial charge in [0, 0.05) is 18.7 Å². The topological polar surface area (TPSA) is 61.4 Å². The lowest BCUT2D eigenvalue weighted by atomic mass is 10.1. The number of amides is 1. The second-order valence-electron chi connectivity index (χ2n) is 4.49. The highest BCUT2D eigenvalue weighted by atomic mass is 19.1. The molecule has 1 aromatic carbocycles. The van der Waals surface area contributed by atoms with Crippen LogP contribution in [0.1, 0.15) is 24.8 Å². The summed E-state index contributed by atoms with van der Waals surface area (Å²) in [4.78, 5) is 11.7. The molecule has 1 aliphatic heterocycles. The van der Waals surface area contributed by atoms with Crippen LogP contribution in [-0.4, -0.2) is 23.6 Å². The predicted molar refractivity (Wildman–Crippen MR) is 65.6 cm³/mol. The van der Waals surface area contributed by atoms with E-state index in [9.17, 15) is 14.3 Å². The number of aromatic hydroxyl groups is 1. The second kappa shape index (κ2) is 5.82. The Morgan fingerprint density at radius 1 is 1.44 bits per heavy atom. The molecule has 0 aromatic heterocycles. The molecular weight excluding hydrogens is 235 g/mol. The summed E-state index contributed by atoms with van der Waals surface area (Å²) in [6.07, 6.45) is 2.72. The zero-order chi connectivity index (χ0) is 13.0. The van der Waals surface area contributed by atoms with Crippen LogP contribution in [0.15, 0.2) is 18.2 Å². The number of benzene rings is 1. The van der Waals surface area contributed by atoms with Crippen molar-refractivity contribution in [1.29, 1.82) is 0 Å². The molecule has 1 aliphatic rings. The fourth-order valence-corrected chi connectivity index (χ4v) is 2.06. The maximum Gasteiger partial charge on any atom is 0.237 e. The number of phenolic OH excluding ortho intramolecular Hbond substituents is 1. The van der Waals surface area contributed by atoms with Gasteiger partial charge in [0.25, 0.3) is 0 Å². The van der Waals surface area contributed by atoms with Crippen molar-refractivity contribution >= 4 is 5.91 Å². The van der Waals surface area contributed by atoms with Gasteiger partial charge < -0.3 is 15.7 Å². The average Bonchev–Trinajstić information content (AvgIpc) is 2.55. The number of nitrogens with one attached hydrogen (secondary N) is 2. The minimum Gasteiger partial charge on any atom is -0.508 e. The molecule has 4 nitrogen and oxygen atoms in total. The van der Waals surface area contributed by atoms with Crippen LogP contribution in [0.3, 0.4) is 0 Å². The third-order valence-corrected chi connectivity index (χ3v) is 3.12. The number of hydrogen-bond acceptors (Lipinski definition) is 3. The largest absolute Gasteiger partial charge is 0.508 e. The fraction of sp³-hybridized carbons (Fsp3) is 0.462. The molecule has 0 radical (unpaired) electrons. The zero-order valence-electron chi connectivity index (χ0n) is 10.1. The summed E-state index contributed by atoms with van der Waals surface area (Å²) in [5.41, 5.74) is 0.465. The summed E-state index contributed by atoms with van der Waals surface area (Å²) >= 11 is 0. The second-order valence-corrected chi connectivity index (χ2v) is 4.49. The summed E-state index contributed by atoms with van der Waals surface area (Å²) < 4.78 is 13.0. The number of rotatable bonds is 3.